The molecule has 0 radical (unpaired) electrons. The van der Waals surface area contributed by atoms with Gasteiger partial charge in [-0.3, -0.25) is 18.2 Å². The second-order valence-corrected chi connectivity index (χ2v) is 10.8. The van der Waals surface area contributed by atoms with E-state index in [4.69, 9.17) is 32.4 Å². The third-order valence-electron chi connectivity index (χ3n) is 4.04. The summed E-state index contributed by atoms with van der Waals surface area (Å²) in [6, 6.07) is 0. The maximum Gasteiger partial charge on any atom is 0.397 e. The molecule has 0 aromatic carbocycles. The first-order chi connectivity index (χ1) is 15.7. The van der Waals surface area contributed by atoms with Crippen LogP contribution in [0.15, 0.2) is 0 Å². The fraction of sp³-hybridized carbons (Fsp3) is 1.00. The highest BCUT2D eigenvalue weighted by molar-refractivity contribution is 7.81. The van der Waals surface area contributed by atoms with Gasteiger partial charge in [-0.05, 0) is 0 Å². The van der Waals surface area contributed by atoms with Crippen LogP contribution in [-0.4, -0.2) is 125 Å². The molecular weight excluding hydrogens is 584 g/mol. The zero-order chi connectivity index (χ0) is 27.0. The molecule has 35 heavy (non-hydrogen) atoms. The summed E-state index contributed by atoms with van der Waals surface area (Å²) < 4.78 is 156. The Morgan fingerprint density at radius 3 is 1.49 bits per heavy atom. The molecule has 0 spiro atoms. The van der Waals surface area contributed by atoms with Crippen LogP contribution in [0.25, 0.3) is 0 Å². The highest BCUT2D eigenvalue weighted by atomic mass is 32.3. The van der Waals surface area contributed by atoms with Gasteiger partial charge in [0, 0.05) is 0 Å². The standard InChI is InChI=1S/C10H18O21S4/c11-3-1-26-10(8(31-35(22,23)24)5(3)28-32(13,14)15)27-4-2-25-9(12)7(30-34(19,20)21)6(4)29-33(16,17)18/h3-12H,1-2H2,(H,13,14,15)(H,16,17,18)(H,19,20,21)(H,22,23,24). The summed E-state index contributed by atoms with van der Waals surface area (Å²) in [5, 5.41) is 19.7. The van der Waals surface area contributed by atoms with Gasteiger partial charge < -0.3 is 24.4 Å². The van der Waals surface area contributed by atoms with E-state index < -0.39 is 104 Å². The van der Waals surface area contributed by atoms with Gasteiger partial charge >= 0.3 is 41.6 Å². The lowest BCUT2D eigenvalue weighted by molar-refractivity contribution is -0.313. The van der Waals surface area contributed by atoms with Crippen LogP contribution in [0.3, 0.4) is 0 Å². The molecular formula is C10H18O21S4. The van der Waals surface area contributed by atoms with Crippen molar-refractivity contribution in [3.8, 4) is 0 Å². The average molecular weight is 603 g/mol. The molecule has 2 rings (SSSR count). The minimum absolute atomic E-state index is 0.929. The highest BCUT2D eigenvalue weighted by Gasteiger charge is 2.52. The molecule has 2 saturated heterocycles. The number of ether oxygens (including phenoxy) is 3. The second-order valence-electron chi connectivity index (χ2n) is 6.62. The van der Waals surface area contributed by atoms with E-state index in [1.807, 2.05) is 0 Å². The van der Waals surface area contributed by atoms with Crippen LogP contribution in [-0.2, 0) is 72.5 Å². The van der Waals surface area contributed by atoms with Gasteiger partial charge in [0.2, 0.25) is 0 Å². The fourth-order valence-electron chi connectivity index (χ4n) is 2.92. The normalized spacial score (nSPS) is 35.6. The molecule has 2 fully saturated rings. The van der Waals surface area contributed by atoms with Crippen molar-refractivity contribution in [3.63, 3.8) is 0 Å². The van der Waals surface area contributed by atoms with Crippen molar-refractivity contribution in [2.45, 2.75) is 49.2 Å². The smallest absolute Gasteiger partial charge is 0.388 e. The van der Waals surface area contributed by atoms with E-state index in [2.05, 4.69) is 16.7 Å². The van der Waals surface area contributed by atoms with E-state index in [0.29, 0.717) is 0 Å². The first kappa shape index (κ1) is 30.5. The Labute approximate surface area is 197 Å². The van der Waals surface area contributed by atoms with Crippen LogP contribution in [0.5, 0.6) is 0 Å². The SMILES string of the molecule is O=S(=O)(O)OC1C(O)COC(OC2COC(O)C(OS(=O)(=O)O)C2OS(=O)(=O)O)C1OS(=O)(=O)O. The van der Waals surface area contributed by atoms with E-state index >= 15 is 0 Å². The molecule has 21 nitrogen and oxygen atoms in total. The zero-order valence-corrected chi connectivity index (χ0v) is 19.7. The number of hydrogen-bond donors (Lipinski definition) is 6. The molecule has 0 bridgehead atoms. The van der Waals surface area contributed by atoms with Gasteiger partial charge in [0.15, 0.2) is 24.8 Å². The Morgan fingerprint density at radius 1 is 0.571 bits per heavy atom. The van der Waals surface area contributed by atoms with Crippen LogP contribution in [0.1, 0.15) is 0 Å². The molecule has 8 atom stereocenters. The molecule has 2 aliphatic rings. The van der Waals surface area contributed by atoms with Crippen LogP contribution >= 0.6 is 0 Å². The zero-order valence-electron chi connectivity index (χ0n) is 16.5. The van der Waals surface area contributed by atoms with E-state index in [9.17, 15) is 43.9 Å². The molecule has 2 heterocycles. The molecule has 0 amide bonds. The summed E-state index contributed by atoms with van der Waals surface area (Å²) >= 11 is 0. The van der Waals surface area contributed by atoms with Crippen LogP contribution in [0.4, 0.5) is 0 Å². The molecule has 8 unspecified atom stereocenters. The number of hydrogen-bond acceptors (Lipinski definition) is 17. The summed E-state index contributed by atoms with van der Waals surface area (Å²) in [6.07, 6.45) is -18.4. The van der Waals surface area contributed by atoms with Crippen molar-refractivity contribution in [1.82, 2.24) is 0 Å². The Morgan fingerprint density at radius 2 is 1.00 bits per heavy atom. The molecule has 2 aliphatic heterocycles. The lowest BCUT2D eigenvalue weighted by atomic mass is 10.0. The third-order valence-corrected chi connectivity index (χ3v) is 5.91. The van der Waals surface area contributed by atoms with Gasteiger partial charge in [-0.1, -0.05) is 0 Å². The summed E-state index contributed by atoms with van der Waals surface area (Å²) in [5.41, 5.74) is 0. The topological polar surface area (TPSA) is 323 Å². The molecule has 0 aliphatic carbocycles. The van der Waals surface area contributed by atoms with Gasteiger partial charge in [-0.2, -0.15) is 33.7 Å². The van der Waals surface area contributed by atoms with E-state index in [-0.39, 0.29) is 0 Å². The minimum atomic E-state index is -5.50. The van der Waals surface area contributed by atoms with E-state index in [1.54, 1.807) is 0 Å². The number of aliphatic hydroxyl groups is 2. The summed E-state index contributed by atoms with van der Waals surface area (Å²) in [5.74, 6) is 0. The van der Waals surface area contributed by atoms with Gasteiger partial charge in [0.05, 0.1) is 13.2 Å². The van der Waals surface area contributed by atoms with Crippen molar-refractivity contribution in [1.29, 1.82) is 0 Å². The molecule has 0 aromatic rings. The molecule has 208 valence electrons. The summed E-state index contributed by atoms with van der Waals surface area (Å²) in [4.78, 5) is 0. The quantitative estimate of drug-likeness (QED) is 0.128. The maximum absolute atomic E-state index is 11.2. The van der Waals surface area contributed by atoms with Crippen molar-refractivity contribution < 1.29 is 93.0 Å². The lowest BCUT2D eigenvalue weighted by Crippen LogP contribution is -2.62. The van der Waals surface area contributed by atoms with Crippen LogP contribution < -0.4 is 0 Å². The largest absolute Gasteiger partial charge is 0.397 e. The minimum Gasteiger partial charge on any atom is -0.388 e. The number of rotatable bonds is 10. The van der Waals surface area contributed by atoms with E-state index in [0.717, 1.165) is 0 Å². The third kappa shape index (κ3) is 9.92. The van der Waals surface area contributed by atoms with Crippen molar-refractivity contribution >= 4 is 41.6 Å². The monoisotopic (exact) mass is 602 g/mol. The average Bonchev–Trinajstić information content (AvgIpc) is 2.61. The van der Waals surface area contributed by atoms with Gasteiger partial charge in [-0.15, -0.1) is 0 Å². The molecule has 25 heteroatoms. The van der Waals surface area contributed by atoms with Gasteiger partial charge in [0.1, 0.15) is 24.4 Å². The lowest BCUT2D eigenvalue weighted by Gasteiger charge is -2.42. The van der Waals surface area contributed by atoms with E-state index in [1.165, 1.54) is 0 Å². The maximum atomic E-state index is 11.2. The predicted octanol–water partition coefficient (Wildman–Crippen LogP) is -4.81. The Hall–Kier alpha value is -0.720. The first-order valence-corrected chi connectivity index (χ1v) is 14.0. The van der Waals surface area contributed by atoms with Crippen molar-refractivity contribution in [3.05, 3.63) is 0 Å². The van der Waals surface area contributed by atoms with Crippen LogP contribution in [0.2, 0.25) is 0 Å². The second kappa shape index (κ2) is 10.9. The molecule has 0 aromatic heterocycles. The first-order valence-electron chi connectivity index (χ1n) is 8.53. The predicted molar refractivity (Wildman–Crippen MR) is 98.3 cm³/mol. The van der Waals surface area contributed by atoms with Crippen LogP contribution in [0, 0.1) is 0 Å². The number of aliphatic hydroxyl groups excluding tert-OH is 2. The van der Waals surface area contributed by atoms with Crippen molar-refractivity contribution in [2.75, 3.05) is 13.2 Å². The van der Waals surface area contributed by atoms with Gasteiger partial charge in [0.25, 0.3) is 0 Å². The Kier molecular flexibility index (Phi) is 9.54. The van der Waals surface area contributed by atoms with Gasteiger partial charge in [-0.25, -0.2) is 16.7 Å². The Balaban J connectivity index is 2.43. The summed E-state index contributed by atoms with van der Waals surface area (Å²) in [7, 11) is -21.8. The highest BCUT2D eigenvalue weighted by Crippen LogP contribution is 2.30. The summed E-state index contributed by atoms with van der Waals surface area (Å²) in [6.45, 7) is -1.89. The van der Waals surface area contributed by atoms with Crippen molar-refractivity contribution in [2.24, 2.45) is 0 Å². The Bertz CT molecular complexity index is 1070. The molecule has 0 saturated carbocycles. The fourth-order valence-corrected chi connectivity index (χ4v) is 4.92. The molecule has 6 N–H and O–H groups in total.